The number of carbonyl (C=O) groups excluding carboxylic acids is 1. The highest BCUT2D eigenvalue weighted by Gasteiger charge is 2.10. The third kappa shape index (κ3) is 4.63. The second-order valence-corrected chi connectivity index (χ2v) is 6.10. The quantitative estimate of drug-likeness (QED) is 0.373. The van der Waals surface area contributed by atoms with E-state index in [0.717, 1.165) is 17.5 Å². The van der Waals surface area contributed by atoms with E-state index in [1.807, 2.05) is 24.3 Å². The molecule has 0 atom stereocenters. The van der Waals surface area contributed by atoms with E-state index >= 15 is 0 Å². The average molecular weight is 367 g/mol. The number of esters is 1. The number of fused-ring (bicyclic) bond motifs is 1. The Labute approximate surface area is 156 Å². The molecule has 0 aliphatic rings. The highest BCUT2D eigenvalue weighted by atomic mass is 16.5. The van der Waals surface area contributed by atoms with Gasteiger partial charge in [0.05, 0.1) is 13.2 Å². The second kappa shape index (κ2) is 8.35. The van der Waals surface area contributed by atoms with Crippen LogP contribution in [0.4, 0.5) is 0 Å². The van der Waals surface area contributed by atoms with Crippen molar-refractivity contribution in [3.63, 3.8) is 0 Å². The summed E-state index contributed by atoms with van der Waals surface area (Å²) < 4.78 is 10.7. The van der Waals surface area contributed by atoms with Crippen LogP contribution in [0, 0.1) is 0 Å². The Morgan fingerprint density at radius 3 is 2.44 bits per heavy atom. The minimum absolute atomic E-state index is 0.0642. The van der Waals surface area contributed by atoms with Crippen LogP contribution in [0.15, 0.2) is 54.6 Å². The van der Waals surface area contributed by atoms with Gasteiger partial charge >= 0.3 is 5.97 Å². The number of hydrogen-bond donors (Lipinski definition) is 1. The first-order chi connectivity index (χ1) is 13.0. The van der Waals surface area contributed by atoms with Crippen LogP contribution in [-0.4, -0.2) is 39.3 Å². The molecule has 27 heavy (non-hydrogen) atoms. The van der Waals surface area contributed by atoms with Gasteiger partial charge in [0.25, 0.3) is 0 Å². The minimum Gasteiger partial charge on any atom is -0.506 e. The zero-order valence-electron chi connectivity index (χ0n) is 15.1. The van der Waals surface area contributed by atoms with Crippen LogP contribution in [0.25, 0.3) is 16.7 Å². The third-order valence-electron chi connectivity index (χ3n) is 3.84. The molecule has 1 heterocycles. The van der Waals surface area contributed by atoms with E-state index in [-0.39, 0.29) is 11.7 Å². The molecule has 0 amide bonds. The van der Waals surface area contributed by atoms with E-state index in [4.69, 9.17) is 9.47 Å². The van der Waals surface area contributed by atoms with Gasteiger partial charge in [-0.05, 0) is 44.0 Å². The summed E-state index contributed by atoms with van der Waals surface area (Å²) >= 11 is 0. The number of rotatable bonds is 8. The maximum absolute atomic E-state index is 11.3. The maximum atomic E-state index is 11.3. The summed E-state index contributed by atoms with van der Waals surface area (Å²) in [6.07, 6.45) is 1.42. The van der Waals surface area contributed by atoms with Crippen molar-refractivity contribution < 1.29 is 19.4 Å². The summed E-state index contributed by atoms with van der Waals surface area (Å²) in [6, 6.07) is 12.4. The maximum Gasteiger partial charge on any atom is 0.333 e. The largest absolute Gasteiger partial charge is 0.506 e. The Balaban J connectivity index is 1.57. The number of hydrogen-bond acceptors (Lipinski definition) is 6. The van der Waals surface area contributed by atoms with Crippen molar-refractivity contribution in [2.75, 3.05) is 13.2 Å². The van der Waals surface area contributed by atoms with Crippen molar-refractivity contribution in [1.29, 1.82) is 0 Å². The van der Waals surface area contributed by atoms with Gasteiger partial charge in [0.15, 0.2) is 0 Å². The van der Waals surface area contributed by atoms with E-state index in [1.54, 1.807) is 25.1 Å². The molecule has 0 spiro atoms. The second-order valence-electron chi connectivity index (χ2n) is 6.10. The van der Waals surface area contributed by atoms with Crippen molar-refractivity contribution in [2.45, 2.75) is 19.8 Å². The fourth-order valence-electron chi connectivity index (χ4n) is 2.40. The predicted molar refractivity (Wildman–Crippen MR) is 101 cm³/mol. The molecule has 0 radical (unpaired) electrons. The number of unbranched alkanes of at least 4 members (excludes halogenated alkanes) is 1. The fraction of sp³-hybridized carbons (Fsp3) is 0.250. The molecule has 0 fully saturated rings. The van der Waals surface area contributed by atoms with Gasteiger partial charge in [-0.25, -0.2) is 4.79 Å². The van der Waals surface area contributed by atoms with Crippen LogP contribution in [0.2, 0.25) is 0 Å². The van der Waals surface area contributed by atoms with Gasteiger partial charge in [-0.2, -0.15) is 0 Å². The Morgan fingerprint density at radius 1 is 1.11 bits per heavy atom. The SMILES string of the molecule is C=C(C)C(=O)OCCCCOc1ccc(O)c(-n2nc3ccccc3n2)c1. The predicted octanol–water partition coefficient (Wildman–Crippen LogP) is 3.40. The average Bonchev–Trinajstić information content (AvgIpc) is 3.09. The van der Waals surface area contributed by atoms with Gasteiger partial charge in [-0.15, -0.1) is 15.0 Å². The Morgan fingerprint density at radius 2 is 1.78 bits per heavy atom. The van der Waals surface area contributed by atoms with Crippen LogP contribution < -0.4 is 4.74 Å². The molecular formula is C20H21N3O4. The van der Waals surface area contributed by atoms with Crippen LogP contribution in [-0.2, 0) is 9.53 Å². The number of benzene rings is 2. The van der Waals surface area contributed by atoms with Gasteiger partial charge in [-0.3, -0.25) is 0 Å². The van der Waals surface area contributed by atoms with Crippen molar-refractivity contribution in [3.8, 4) is 17.2 Å². The lowest BCUT2D eigenvalue weighted by molar-refractivity contribution is -0.139. The van der Waals surface area contributed by atoms with Crippen molar-refractivity contribution in [1.82, 2.24) is 15.0 Å². The zero-order valence-corrected chi connectivity index (χ0v) is 15.1. The topological polar surface area (TPSA) is 86.5 Å². The number of aromatic hydroxyl groups is 1. The number of phenols is 1. The summed E-state index contributed by atoms with van der Waals surface area (Å²) in [7, 11) is 0. The van der Waals surface area contributed by atoms with Gasteiger partial charge in [0.1, 0.15) is 28.2 Å². The lowest BCUT2D eigenvalue weighted by atomic mass is 10.3. The Bertz CT molecular complexity index is 932. The van der Waals surface area contributed by atoms with Crippen molar-refractivity contribution in [3.05, 3.63) is 54.6 Å². The highest BCUT2D eigenvalue weighted by Crippen LogP contribution is 2.26. The highest BCUT2D eigenvalue weighted by molar-refractivity contribution is 5.86. The van der Waals surface area contributed by atoms with Crippen LogP contribution >= 0.6 is 0 Å². The minimum atomic E-state index is -0.377. The molecule has 0 saturated heterocycles. The zero-order chi connectivity index (χ0) is 19.2. The molecule has 1 aromatic heterocycles. The molecule has 0 unspecified atom stereocenters. The molecule has 0 bridgehead atoms. The molecule has 3 rings (SSSR count). The molecule has 140 valence electrons. The first-order valence-electron chi connectivity index (χ1n) is 8.65. The van der Waals surface area contributed by atoms with Gasteiger partial charge in [-0.1, -0.05) is 18.7 Å². The van der Waals surface area contributed by atoms with E-state index < -0.39 is 0 Å². The van der Waals surface area contributed by atoms with Crippen molar-refractivity contribution in [2.24, 2.45) is 0 Å². The number of phenolic OH excluding ortho intramolecular Hbond substituents is 1. The first-order valence-corrected chi connectivity index (χ1v) is 8.65. The van der Waals surface area contributed by atoms with Crippen LogP contribution in [0.5, 0.6) is 11.5 Å². The Kier molecular flexibility index (Phi) is 5.71. The number of ether oxygens (including phenoxy) is 2. The summed E-state index contributed by atoms with van der Waals surface area (Å²) in [5, 5.41) is 18.9. The van der Waals surface area contributed by atoms with E-state index in [9.17, 15) is 9.90 Å². The molecule has 7 nitrogen and oxygen atoms in total. The van der Waals surface area contributed by atoms with E-state index in [2.05, 4.69) is 16.8 Å². The lowest BCUT2D eigenvalue weighted by Gasteiger charge is -2.09. The van der Waals surface area contributed by atoms with Gasteiger partial charge in [0.2, 0.25) is 0 Å². The molecule has 1 N–H and O–H groups in total. The van der Waals surface area contributed by atoms with Gasteiger partial charge < -0.3 is 14.6 Å². The number of carbonyl (C=O) groups is 1. The lowest BCUT2D eigenvalue weighted by Crippen LogP contribution is -2.07. The smallest absolute Gasteiger partial charge is 0.333 e. The third-order valence-corrected chi connectivity index (χ3v) is 3.84. The normalized spacial score (nSPS) is 10.7. The van der Waals surface area contributed by atoms with E-state index in [1.165, 1.54) is 4.80 Å². The monoisotopic (exact) mass is 367 g/mol. The Hall–Kier alpha value is -3.35. The fourth-order valence-corrected chi connectivity index (χ4v) is 2.40. The summed E-state index contributed by atoms with van der Waals surface area (Å²) in [6.45, 7) is 5.94. The molecule has 0 aliphatic heterocycles. The van der Waals surface area contributed by atoms with Gasteiger partial charge in [0, 0.05) is 11.6 Å². The number of nitrogens with zero attached hydrogens (tertiary/aromatic N) is 3. The summed E-state index contributed by atoms with van der Waals surface area (Å²) in [4.78, 5) is 12.7. The van der Waals surface area contributed by atoms with Crippen LogP contribution in [0.3, 0.4) is 0 Å². The molecule has 2 aromatic carbocycles. The molecule has 7 heteroatoms. The van der Waals surface area contributed by atoms with Crippen LogP contribution in [0.1, 0.15) is 19.8 Å². The summed E-state index contributed by atoms with van der Waals surface area (Å²) in [5.74, 6) is 0.288. The molecular weight excluding hydrogens is 346 g/mol. The molecule has 0 saturated carbocycles. The molecule has 3 aromatic rings. The standard InChI is InChI=1S/C20H21N3O4/c1-14(2)20(25)27-12-6-5-11-26-15-9-10-19(24)18(13-15)23-21-16-7-3-4-8-17(16)22-23/h3-4,7-10,13,24H,1,5-6,11-12H2,2H3. The molecule has 0 aliphatic carbocycles. The number of aromatic nitrogens is 3. The van der Waals surface area contributed by atoms with E-state index in [0.29, 0.717) is 36.6 Å². The van der Waals surface area contributed by atoms with Crippen molar-refractivity contribution >= 4 is 17.0 Å². The first kappa shape index (κ1) is 18.4. The summed E-state index contributed by atoms with van der Waals surface area (Å²) in [5.41, 5.74) is 2.32.